The van der Waals surface area contributed by atoms with Crippen LogP contribution in [0.15, 0.2) is 50.4 Å². The molecule has 0 unspecified atom stereocenters. The lowest BCUT2D eigenvalue weighted by Gasteiger charge is -2.19. The lowest BCUT2D eigenvalue weighted by molar-refractivity contribution is -0.113. The maximum absolute atomic E-state index is 12.0. The number of thioether (sulfide) groups is 1. The van der Waals surface area contributed by atoms with Crippen LogP contribution in [0.3, 0.4) is 0 Å². The van der Waals surface area contributed by atoms with Crippen LogP contribution in [0.25, 0.3) is 0 Å². The third-order valence-corrected chi connectivity index (χ3v) is 5.21. The highest BCUT2D eigenvalue weighted by Crippen LogP contribution is 2.26. The zero-order valence-electron chi connectivity index (χ0n) is 13.2. The number of hydrogen-bond donors (Lipinski definition) is 1. The second-order valence-corrected chi connectivity index (χ2v) is 8.91. The highest BCUT2D eigenvalue weighted by molar-refractivity contribution is 9.11. The first-order chi connectivity index (χ1) is 10.8. The molecule has 0 aliphatic rings. The Morgan fingerprint density at radius 1 is 1.22 bits per heavy atom. The molecule has 1 amide bonds. The van der Waals surface area contributed by atoms with Crippen LogP contribution in [-0.4, -0.2) is 16.6 Å². The third kappa shape index (κ3) is 5.62. The van der Waals surface area contributed by atoms with E-state index in [1.54, 1.807) is 6.20 Å². The Labute approximate surface area is 157 Å². The molecule has 23 heavy (non-hydrogen) atoms. The molecule has 0 aliphatic carbocycles. The number of hydrogen-bond acceptors (Lipinski definition) is 3. The van der Waals surface area contributed by atoms with Crippen molar-refractivity contribution in [3.05, 3.63) is 51.0 Å². The highest BCUT2D eigenvalue weighted by Gasteiger charge is 2.13. The van der Waals surface area contributed by atoms with Gasteiger partial charge in [0.25, 0.3) is 0 Å². The summed E-state index contributed by atoms with van der Waals surface area (Å²) in [5.41, 5.74) is 1.43. The van der Waals surface area contributed by atoms with Gasteiger partial charge in [0.15, 0.2) is 0 Å². The number of aromatic nitrogens is 1. The molecule has 6 heteroatoms. The van der Waals surface area contributed by atoms with E-state index in [9.17, 15) is 4.79 Å². The molecule has 0 radical (unpaired) electrons. The van der Waals surface area contributed by atoms with Crippen LogP contribution in [-0.2, 0) is 10.2 Å². The van der Waals surface area contributed by atoms with E-state index < -0.39 is 0 Å². The average Bonchev–Trinajstić information content (AvgIpc) is 2.47. The summed E-state index contributed by atoms with van der Waals surface area (Å²) in [4.78, 5) is 17.3. The van der Waals surface area contributed by atoms with Crippen LogP contribution in [0.1, 0.15) is 26.3 Å². The van der Waals surface area contributed by atoms with Gasteiger partial charge in [0.1, 0.15) is 5.82 Å². The van der Waals surface area contributed by atoms with Gasteiger partial charge in [-0.3, -0.25) is 4.79 Å². The molecule has 0 atom stereocenters. The number of nitrogens with zero attached hydrogens (tertiary/aromatic N) is 1. The number of pyridine rings is 1. The van der Waals surface area contributed by atoms with Crippen LogP contribution in [0, 0.1) is 0 Å². The van der Waals surface area contributed by atoms with Crippen molar-refractivity contribution in [2.75, 3.05) is 11.1 Å². The number of carbonyl (C=O) groups is 1. The number of amides is 1. The second-order valence-electron chi connectivity index (χ2n) is 6.10. The number of halogens is 2. The summed E-state index contributed by atoms with van der Waals surface area (Å²) in [5, 5.41) is 2.80. The molecule has 2 aromatic rings. The Bertz CT molecular complexity index is 697. The van der Waals surface area contributed by atoms with Crippen LogP contribution < -0.4 is 5.32 Å². The van der Waals surface area contributed by atoms with E-state index >= 15 is 0 Å². The summed E-state index contributed by atoms with van der Waals surface area (Å²) in [6.45, 7) is 6.56. The van der Waals surface area contributed by atoms with Crippen molar-refractivity contribution in [1.82, 2.24) is 4.98 Å². The van der Waals surface area contributed by atoms with Crippen molar-refractivity contribution in [2.24, 2.45) is 0 Å². The predicted molar refractivity (Wildman–Crippen MR) is 104 cm³/mol. The first-order valence-electron chi connectivity index (χ1n) is 7.10. The predicted octanol–water partition coefficient (Wildman–Crippen LogP) is 5.63. The van der Waals surface area contributed by atoms with Gasteiger partial charge in [-0.1, -0.05) is 32.9 Å². The van der Waals surface area contributed by atoms with Crippen molar-refractivity contribution in [1.29, 1.82) is 0 Å². The van der Waals surface area contributed by atoms with E-state index in [4.69, 9.17) is 0 Å². The Hall–Kier alpha value is -0.850. The van der Waals surface area contributed by atoms with Gasteiger partial charge in [0.2, 0.25) is 5.91 Å². The maximum atomic E-state index is 12.0. The molecule has 1 heterocycles. The standard InChI is InChI=1S/C17H18Br2N2OS/c1-17(2,3)11-4-6-13(7-5-11)23-10-15(22)21-16-14(19)8-12(18)9-20-16/h4-9H,10H2,1-3H3,(H,20,21,22). The van der Waals surface area contributed by atoms with Gasteiger partial charge < -0.3 is 5.32 Å². The van der Waals surface area contributed by atoms with Crippen LogP contribution in [0.4, 0.5) is 5.82 Å². The number of nitrogens with one attached hydrogen (secondary N) is 1. The molecule has 0 fully saturated rings. The summed E-state index contributed by atoms with van der Waals surface area (Å²) in [6.07, 6.45) is 1.65. The lowest BCUT2D eigenvalue weighted by Crippen LogP contribution is -2.15. The number of rotatable bonds is 4. The maximum Gasteiger partial charge on any atom is 0.235 e. The largest absolute Gasteiger partial charge is 0.309 e. The summed E-state index contributed by atoms with van der Waals surface area (Å²) < 4.78 is 1.61. The van der Waals surface area contributed by atoms with E-state index in [-0.39, 0.29) is 11.3 Å². The number of benzene rings is 1. The molecule has 0 spiro atoms. The quantitative estimate of drug-likeness (QED) is 0.604. The first-order valence-corrected chi connectivity index (χ1v) is 9.67. The van der Waals surface area contributed by atoms with Gasteiger partial charge in [-0.25, -0.2) is 4.98 Å². The molecule has 2 rings (SSSR count). The Morgan fingerprint density at radius 3 is 2.43 bits per heavy atom. The summed E-state index contributed by atoms with van der Waals surface area (Å²) >= 11 is 8.23. The van der Waals surface area contributed by atoms with Gasteiger partial charge in [0.05, 0.1) is 10.2 Å². The van der Waals surface area contributed by atoms with Crippen molar-refractivity contribution in [3.8, 4) is 0 Å². The normalized spacial score (nSPS) is 11.3. The molecular weight excluding hydrogens is 440 g/mol. The van der Waals surface area contributed by atoms with E-state index in [0.717, 1.165) is 13.8 Å². The minimum absolute atomic E-state index is 0.0783. The summed E-state index contributed by atoms with van der Waals surface area (Å²) in [6, 6.07) is 10.2. The van der Waals surface area contributed by atoms with Gasteiger partial charge >= 0.3 is 0 Å². The third-order valence-electron chi connectivity index (χ3n) is 3.16. The van der Waals surface area contributed by atoms with Crippen molar-refractivity contribution in [2.45, 2.75) is 31.1 Å². The monoisotopic (exact) mass is 456 g/mol. The lowest BCUT2D eigenvalue weighted by atomic mass is 9.87. The second kappa shape index (κ2) is 7.81. The minimum atomic E-state index is -0.0783. The van der Waals surface area contributed by atoms with E-state index in [1.165, 1.54) is 17.3 Å². The number of anilines is 1. The van der Waals surface area contributed by atoms with E-state index in [0.29, 0.717) is 11.6 Å². The molecule has 0 saturated carbocycles. The molecule has 1 N–H and O–H groups in total. The first kappa shape index (κ1) is 18.5. The highest BCUT2D eigenvalue weighted by atomic mass is 79.9. The van der Waals surface area contributed by atoms with E-state index in [2.05, 4.69) is 87.2 Å². The molecule has 0 aliphatic heterocycles. The van der Waals surface area contributed by atoms with Crippen molar-refractivity contribution in [3.63, 3.8) is 0 Å². The Morgan fingerprint density at radius 2 is 1.87 bits per heavy atom. The van der Waals surface area contributed by atoms with Crippen molar-refractivity contribution < 1.29 is 4.79 Å². The van der Waals surface area contributed by atoms with Gasteiger partial charge in [-0.05, 0) is 61.0 Å². The fourth-order valence-corrected chi connectivity index (χ4v) is 3.66. The smallest absolute Gasteiger partial charge is 0.235 e. The molecular formula is C17H18Br2N2OS. The molecule has 0 bridgehead atoms. The molecule has 122 valence electrons. The fourth-order valence-electron chi connectivity index (χ4n) is 1.87. The average molecular weight is 458 g/mol. The topological polar surface area (TPSA) is 42.0 Å². The van der Waals surface area contributed by atoms with E-state index in [1.807, 2.05) is 6.07 Å². The zero-order valence-corrected chi connectivity index (χ0v) is 17.2. The van der Waals surface area contributed by atoms with Gasteiger partial charge in [-0.15, -0.1) is 11.8 Å². The van der Waals surface area contributed by atoms with Crippen LogP contribution in [0.5, 0.6) is 0 Å². The Kier molecular flexibility index (Phi) is 6.28. The minimum Gasteiger partial charge on any atom is -0.309 e. The summed E-state index contributed by atoms with van der Waals surface area (Å²) in [5.74, 6) is 0.797. The SMILES string of the molecule is CC(C)(C)c1ccc(SCC(=O)Nc2ncc(Br)cc2Br)cc1. The fraction of sp³-hybridized carbons (Fsp3) is 0.294. The summed E-state index contributed by atoms with van der Waals surface area (Å²) in [7, 11) is 0. The van der Waals surface area contributed by atoms with Crippen molar-refractivity contribution >= 4 is 55.3 Å². The zero-order chi connectivity index (χ0) is 17.0. The van der Waals surface area contributed by atoms with Crippen LogP contribution >= 0.6 is 43.6 Å². The van der Waals surface area contributed by atoms with Gasteiger partial charge in [-0.2, -0.15) is 0 Å². The molecule has 1 aromatic heterocycles. The Balaban J connectivity index is 1.91. The molecule has 3 nitrogen and oxygen atoms in total. The number of carbonyl (C=O) groups excluding carboxylic acids is 1. The van der Waals surface area contributed by atoms with Crippen LogP contribution in [0.2, 0.25) is 0 Å². The molecule has 0 saturated heterocycles. The molecule has 1 aromatic carbocycles. The van der Waals surface area contributed by atoms with Gasteiger partial charge in [0, 0.05) is 15.6 Å².